The first kappa shape index (κ1) is 12.2. The molecule has 0 aromatic carbocycles. The highest BCUT2D eigenvalue weighted by molar-refractivity contribution is 14.1. The van der Waals surface area contributed by atoms with Crippen molar-refractivity contribution in [2.45, 2.75) is 13.3 Å². The van der Waals surface area contributed by atoms with E-state index in [1.165, 1.54) is 0 Å². The molecule has 0 spiro atoms. The molecule has 1 N–H and O–H groups in total. The van der Waals surface area contributed by atoms with Crippen molar-refractivity contribution in [1.29, 1.82) is 0 Å². The summed E-state index contributed by atoms with van der Waals surface area (Å²) in [4.78, 5) is 13.2. The lowest BCUT2D eigenvalue weighted by Gasteiger charge is -2.07. The number of anilines is 1. The number of hydrogen-bond donors (Lipinski definition) is 1. The van der Waals surface area contributed by atoms with Crippen molar-refractivity contribution in [3.05, 3.63) is 33.7 Å². The fourth-order valence-corrected chi connectivity index (χ4v) is 2.11. The lowest BCUT2D eigenvalue weighted by molar-refractivity contribution is 1.06. The summed E-state index contributed by atoms with van der Waals surface area (Å²) in [7, 11) is 1.85. The van der Waals surface area contributed by atoms with Gasteiger partial charge in [0.1, 0.15) is 11.5 Å². The molecule has 2 aromatic heterocycles. The van der Waals surface area contributed by atoms with Crippen LogP contribution in [0.1, 0.15) is 12.5 Å². The van der Waals surface area contributed by atoms with Crippen LogP contribution in [0.25, 0.3) is 11.5 Å². The number of halogens is 1. The van der Waals surface area contributed by atoms with Crippen LogP contribution < -0.4 is 5.32 Å². The number of aromatic nitrogens is 3. The maximum Gasteiger partial charge on any atom is 0.180 e. The van der Waals surface area contributed by atoms with Gasteiger partial charge in [-0.05, 0) is 40.6 Å². The number of pyridine rings is 1. The first-order chi connectivity index (χ1) is 8.26. The molecule has 0 atom stereocenters. The molecule has 4 nitrogen and oxygen atoms in total. The SMILES string of the molecule is CCc1cccnc1-c1ncc(I)c(NC)n1. The van der Waals surface area contributed by atoms with E-state index in [9.17, 15) is 0 Å². The van der Waals surface area contributed by atoms with Crippen molar-refractivity contribution >= 4 is 28.4 Å². The molecule has 5 heteroatoms. The molecule has 0 aliphatic carbocycles. The van der Waals surface area contributed by atoms with E-state index in [0.29, 0.717) is 5.82 Å². The third kappa shape index (κ3) is 2.54. The van der Waals surface area contributed by atoms with Crippen molar-refractivity contribution in [2.24, 2.45) is 0 Å². The summed E-state index contributed by atoms with van der Waals surface area (Å²) in [5.74, 6) is 1.51. The molecule has 2 heterocycles. The van der Waals surface area contributed by atoms with Gasteiger partial charge in [-0.1, -0.05) is 13.0 Å². The first-order valence-corrected chi connectivity index (χ1v) is 6.48. The minimum atomic E-state index is 0.673. The Morgan fingerprint density at radius 2 is 2.18 bits per heavy atom. The van der Waals surface area contributed by atoms with E-state index in [0.717, 1.165) is 27.1 Å². The number of aryl methyl sites for hydroxylation is 1. The Labute approximate surface area is 114 Å². The molecule has 0 radical (unpaired) electrons. The maximum absolute atomic E-state index is 4.48. The lowest BCUT2D eigenvalue weighted by atomic mass is 10.1. The Balaban J connectivity index is 2.53. The quantitative estimate of drug-likeness (QED) is 0.873. The van der Waals surface area contributed by atoms with Gasteiger partial charge in [0.2, 0.25) is 0 Å². The standard InChI is InChI=1S/C12H13IN4/c1-3-8-5-4-6-15-10(8)12-16-7-9(13)11(14-2)17-12/h4-7H,3H2,1-2H3,(H,14,16,17). The highest BCUT2D eigenvalue weighted by atomic mass is 127. The minimum absolute atomic E-state index is 0.673. The smallest absolute Gasteiger partial charge is 0.180 e. The normalized spacial score (nSPS) is 10.3. The Bertz CT molecular complexity index is 528. The van der Waals surface area contributed by atoms with Crippen molar-refractivity contribution in [1.82, 2.24) is 15.0 Å². The van der Waals surface area contributed by atoms with Crippen LogP contribution in [-0.2, 0) is 6.42 Å². The van der Waals surface area contributed by atoms with Gasteiger partial charge in [-0.2, -0.15) is 0 Å². The van der Waals surface area contributed by atoms with Crippen LogP contribution in [-0.4, -0.2) is 22.0 Å². The van der Waals surface area contributed by atoms with Gasteiger partial charge in [0, 0.05) is 19.4 Å². The molecule has 0 saturated heterocycles. The average Bonchev–Trinajstić information content (AvgIpc) is 2.39. The van der Waals surface area contributed by atoms with Crippen LogP contribution in [0.15, 0.2) is 24.5 Å². The van der Waals surface area contributed by atoms with E-state index >= 15 is 0 Å². The molecule has 2 rings (SSSR count). The molecular formula is C12H13IN4. The predicted octanol–water partition coefficient (Wildman–Crippen LogP) is 2.75. The molecule has 2 aromatic rings. The van der Waals surface area contributed by atoms with Crippen molar-refractivity contribution < 1.29 is 0 Å². The van der Waals surface area contributed by atoms with Crippen molar-refractivity contribution in [2.75, 3.05) is 12.4 Å². The summed E-state index contributed by atoms with van der Waals surface area (Å²) in [5, 5.41) is 3.06. The first-order valence-electron chi connectivity index (χ1n) is 5.40. The molecule has 0 amide bonds. The zero-order chi connectivity index (χ0) is 12.3. The van der Waals surface area contributed by atoms with E-state index in [-0.39, 0.29) is 0 Å². The number of nitrogens with one attached hydrogen (secondary N) is 1. The largest absolute Gasteiger partial charge is 0.372 e. The average molecular weight is 340 g/mol. The van der Waals surface area contributed by atoms with Gasteiger partial charge < -0.3 is 5.32 Å². The molecule has 17 heavy (non-hydrogen) atoms. The van der Waals surface area contributed by atoms with E-state index in [4.69, 9.17) is 0 Å². The van der Waals surface area contributed by atoms with Gasteiger partial charge in [-0.15, -0.1) is 0 Å². The molecule has 88 valence electrons. The van der Waals surface area contributed by atoms with E-state index in [2.05, 4.69) is 55.8 Å². The maximum atomic E-state index is 4.48. The Hall–Kier alpha value is -1.24. The van der Waals surface area contributed by atoms with E-state index in [1.807, 2.05) is 19.3 Å². The molecule has 0 aliphatic rings. The summed E-state index contributed by atoms with van der Waals surface area (Å²) >= 11 is 2.21. The zero-order valence-corrected chi connectivity index (χ0v) is 11.9. The predicted molar refractivity (Wildman–Crippen MR) is 76.9 cm³/mol. The fraction of sp³-hybridized carbons (Fsp3) is 0.250. The highest BCUT2D eigenvalue weighted by Crippen LogP contribution is 2.21. The Kier molecular flexibility index (Phi) is 3.88. The lowest BCUT2D eigenvalue weighted by Crippen LogP contribution is -2.01. The van der Waals surface area contributed by atoms with E-state index < -0.39 is 0 Å². The minimum Gasteiger partial charge on any atom is -0.372 e. The molecule has 0 unspecified atom stereocenters. The van der Waals surface area contributed by atoms with Gasteiger partial charge in [-0.25, -0.2) is 9.97 Å². The van der Waals surface area contributed by atoms with Gasteiger partial charge in [-0.3, -0.25) is 4.98 Å². The van der Waals surface area contributed by atoms with Crippen molar-refractivity contribution in [3.8, 4) is 11.5 Å². The summed E-state index contributed by atoms with van der Waals surface area (Å²) < 4.78 is 1.00. The summed E-state index contributed by atoms with van der Waals surface area (Å²) in [6, 6.07) is 4.00. The number of hydrogen-bond acceptors (Lipinski definition) is 4. The molecular weight excluding hydrogens is 327 g/mol. The van der Waals surface area contributed by atoms with Gasteiger partial charge >= 0.3 is 0 Å². The summed E-state index contributed by atoms with van der Waals surface area (Å²) in [6.07, 6.45) is 4.51. The summed E-state index contributed by atoms with van der Waals surface area (Å²) in [5.41, 5.74) is 2.03. The third-order valence-corrected chi connectivity index (χ3v) is 3.25. The number of rotatable bonds is 3. The molecule has 0 aliphatic heterocycles. The second-order valence-electron chi connectivity index (χ2n) is 3.50. The topological polar surface area (TPSA) is 50.7 Å². The second kappa shape index (κ2) is 5.39. The van der Waals surface area contributed by atoms with Crippen molar-refractivity contribution in [3.63, 3.8) is 0 Å². The molecule has 0 fully saturated rings. The third-order valence-electron chi connectivity index (χ3n) is 2.46. The van der Waals surface area contributed by atoms with Crippen LogP contribution in [0.4, 0.5) is 5.82 Å². The van der Waals surface area contributed by atoms with Crippen LogP contribution in [0, 0.1) is 3.57 Å². The van der Waals surface area contributed by atoms with Crippen LogP contribution in [0.2, 0.25) is 0 Å². The fourth-order valence-electron chi connectivity index (χ4n) is 1.58. The Morgan fingerprint density at radius 3 is 2.88 bits per heavy atom. The number of nitrogens with zero attached hydrogens (tertiary/aromatic N) is 3. The van der Waals surface area contributed by atoms with Crippen LogP contribution in [0.3, 0.4) is 0 Å². The van der Waals surface area contributed by atoms with E-state index in [1.54, 1.807) is 6.20 Å². The molecule has 0 bridgehead atoms. The van der Waals surface area contributed by atoms with Gasteiger partial charge in [0.25, 0.3) is 0 Å². The van der Waals surface area contributed by atoms with Crippen LogP contribution >= 0.6 is 22.6 Å². The monoisotopic (exact) mass is 340 g/mol. The molecule has 0 saturated carbocycles. The highest BCUT2D eigenvalue weighted by Gasteiger charge is 2.10. The zero-order valence-electron chi connectivity index (χ0n) is 9.74. The van der Waals surface area contributed by atoms with Crippen LogP contribution in [0.5, 0.6) is 0 Å². The summed E-state index contributed by atoms with van der Waals surface area (Å²) in [6.45, 7) is 2.10. The second-order valence-corrected chi connectivity index (χ2v) is 4.67. The van der Waals surface area contributed by atoms with Gasteiger partial charge in [0.15, 0.2) is 5.82 Å². The van der Waals surface area contributed by atoms with Gasteiger partial charge in [0.05, 0.1) is 3.57 Å². The Morgan fingerprint density at radius 1 is 1.35 bits per heavy atom.